The molecule has 1 spiro atoms. The average Bonchev–Trinajstić information content (AvgIpc) is 2.50. The van der Waals surface area contributed by atoms with Crippen LogP contribution < -0.4 is 0 Å². The number of esters is 1. The van der Waals surface area contributed by atoms with Crippen LogP contribution in [0.2, 0.25) is 0 Å². The minimum absolute atomic E-state index is 0.0160. The Morgan fingerprint density at radius 2 is 1.88 bits per heavy atom. The fourth-order valence-corrected chi connectivity index (χ4v) is 3.85. The van der Waals surface area contributed by atoms with Gasteiger partial charge >= 0.3 is 5.97 Å². The zero-order chi connectivity index (χ0) is 12.5. The highest BCUT2D eigenvalue weighted by atomic mass is 16.8. The van der Waals surface area contributed by atoms with E-state index in [0.29, 0.717) is 0 Å². The first-order valence-corrected chi connectivity index (χ1v) is 6.31. The molecule has 0 aromatic carbocycles. The number of carbonyl (C=O) groups is 2. The van der Waals surface area contributed by atoms with Crippen molar-refractivity contribution in [3.05, 3.63) is 0 Å². The molecule has 3 atom stereocenters. The zero-order valence-electron chi connectivity index (χ0n) is 10.5. The standard InChI is InChI=1S/C13H18O4/c1-11(2)16-10(15)13(17-11)9(14)8-6-4-5-7-12(8,13)3/h8H,4-7H2,1-3H3/t8-,12+,13-/m1/s1. The fraction of sp³-hybridized carbons (Fsp3) is 0.846. The molecule has 4 heteroatoms. The van der Waals surface area contributed by atoms with Gasteiger partial charge in [0.2, 0.25) is 11.4 Å². The van der Waals surface area contributed by atoms with Crippen molar-refractivity contribution in [2.45, 2.75) is 57.8 Å². The van der Waals surface area contributed by atoms with Crippen molar-refractivity contribution in [3.8, 4) is 0 Å². The number of hydrogen-bond acceptors (Lipinski definition) is 4. The highest BCUT2D eigenvalue weighted by molar-refractivity contribution is 6.16. The van der Waals surface area contributed by atoms with Gasteiger partial charge in [-0.25, -0.2) is 4.79 Å². The Kier molecular flexibility index (Phi) is 1.92. The molecule has 17 heavy (non-hydrogen) atoms. The number of rotatable bonds is 0. The Morgan fingerprint density at radius 1 is 1.18 bits per heavy atom. The third-order valence-corrected chi connectivity index (χ3v) is 4.70. The summed E-state index contributed by atoms with van der Waals surface area (Å²) in [5, 5.41) is 0. The van der Waals surface area contributed by atoms with E-state index in [0.717, 1.165) is 25.7 Å². The number of carbonyl (C=O) groups excluding carboxylic acids is 2. The van der Waals surface area contributed by atoms with Crippen molar-refractivity contribution in [1.82, 2.24) is 0 Å². The number of Topliss-reactive ketones (excluding diaryl/α,β-unsaturated/α-hetero) is 1. The van der Waals surface area contributed by atoms with Crippen molar-refractivity contribution in [2.24, 2.45) is 11.3 Å². The van der Waals surface area contributed by atoms with Crippen LogP contribution in [0.4, 0.5) is 0 Å². The Bertz CT molecular complexity index is 414. The number of fused-ring (bicyclic) bond motifs is 2. The molecule has 3 aliphatic rings. The van der Waals surface area contributed by atoms with Gasteiger partial charge in [0, 0.05) is 25.2 Å². The Hall–Kier alpha value is -0.900. The summed E-state index contributed by atoms with van der Waals surface area (Å²) in [6, 6.07) is 0. The summed E-state index contributed by atoms with van der Waals surface area (Å²) >= 11 is 0. The molecule has 1 saturated heterocycles. The van der Waals surface area contributed by atoms with Gasteiger partial charge in [0.05, 0.1) is 0 Å². The topological polar surface area (TPSA) is 52.6 Å². The number of cyclic esters (lactones) is 1. The summed E-state index contributed by atoms with van der Waals surface area (Å²) in [6.45, 7) is 5.37. The van der Waals surface area contributed by atoms with Crippen LogP contribution in [0.1, 0.15) is 46.5 Å². The summed E-state index contributed by atoms with van der Waals surface area (Å²) in [5.41, 5.74) is -1.66. The van der Waals surface area contributed by atoms with Gasteiger partial charge in [-0.3, -0.25) is 4.79 Å². The van der Waals surface area contributed by atoms with E-state index in [9.17, 15) is 9.59 Å². The number of ether oxygens (including phenoxy) is 2. The van der Waals surface area contributed by atoms with E-state index < -0.39 is 17.4 Å². The normalized spacial score (nSPS) is 47.6. The molecule has 0 aromatic rings. The van der Waals surface area contributed by atoms with Gasteiger partial charge in [0.25, 0.3) is 0 Å². The Labute approximate surface area is 101 Å². The highest BCUT2D eigenvalue weighted by Gasteiger charge is 2.79. The summed E-state index contributed by atoms with van der Waals surface area (Å²) in [7, 11) is 0. The van der Waals surface area contributed by atoms with E-state index in [1.54, 1.807) is 13.8 Å². The summed E-state index contributed by atoms with van der Waals surface area (Å²) in [6.07, 6.45) is 3.88. The molecule has 0 radical (unpaired) electrons. The van der Waals surface area contributed by atoms with Gasteiger partial charge < -0.3 is 9.47 Å². The molecule has 2 saturated carbocycles. The minimum atomic E-state index is -1.30. The number of hydrogen-bond donors (Lipinski definition) is 0. The molecule has 0 aromatic heterocycles. The SMILES string of the molecule is CC1(C)OC(=O)[C@]2(O1)C(=O)[C@H]1CCCC[C@@]12C. The van der Waals surface area contributed by atoms with E-state index in [1.165, 1.54) is 0 Å². The lowest BCUT2D eigenvalue weighted by Crippen LogP contribution is -2.74. The molecule has 3 rings (SSSR count). The second kappa shape index (κ2) is 2.91. The van der Waals surface area contributed by atoms with Crippen molar-refractivity contribution >= 4 is 11.8 Å². The lowest BCUT2D eigenvalue weighted by Gasteiger charge is -2.58. The van der Waals surface area contributed by atoms with Crippen LogP contribution in [0.15, 0.2) is 0 Å². The third kappa shape index (κ3) is 1.07. The average molecular weight is 238 g/mol. The van der Waals surface area contributed by atoms with Gasteiger partial charge in [0.15, 0.2) is 5.78 Å². The minimum Gasteiger partial charge on any atom is -0.431 e. The molecule has 0 amide bonds. The zero-order valence-corrected chi connectivity index (χ0v) is 10.5. The molecule has 94 valence electrons. The van der Waals surface area contributed by atoms with Crippen LogP contribution in [0, 0.1) is 11.3 Å². The molecule has 3 fully saturated rings. The molecule has 0 bridgehead atoms. The maximum Gasteiger partial charge on any atom is 0.349 e. The predicted molar refractivity (Wildman–Crippen MR) is 59.1 cm³/mol. The van der Waals surface area contributed by atoms with Crippen LogP contribution >= 0.6 is 0 Å². The first-order valence-electron chi connectivity index (χ1n) is 6.31. The molecular formula is C13H18O4. The van der Waals surface area contributed by atoms with E-state index in [4.69, 9.17) is 9.47 Å². The van der Waals surface area contributed by atoms with E-state index in [1.807, 2.05) is 6.92 Å². The molecule has 1 aliphatic heterocycles. The molecule has 4 nitrogen and oxygen atoms in total. The van der Waals surface area contributed by atoms with Gasteiger partial charge in [0.1, 0.15) is 0 Å². The van der Waals surface area contributed by atoms with E-state index in [2.05, 4.69) is 0 Å². The number of ketones is 1. The van der Waals surface area contributed by atoms with Crippen molar-refractivity contribution in [1.29, 1.82) is 0 Å². The van der Waals surface area contributed by atoms with E-state index >= 15 is 0 Å². The van der Waals surface area contributed by atoms with Crippen LogP contribution in [0.25, 0.3) is 0 Å². The van der Waals surface area contributed by atoms with Crippen molar-refractivity contribution < 1.29 is 19.1 Å². The molecule has 0 N–H and O–H groups in total. The molecule has 2 aliphatic carbocycles. The van der Waals surface area contributed by atoms with E-state index in [-0.39, 0.29) is 17.1 Å². The van der Waals surface area contributed by atoms with Crippen molar-refractivity contribution in [3.63, 3.8) is 0 Å². The van der Waals surface area contributed by atoms with Gasteiger partial charge in [-0.1, -0.05) is 19.8 Å². The first-order chi connectivity index (χ1) is 7.83. The van der Waals surface area contributed by atoms with Gasteiger partial charge in [-0.15, -0.1) is 0 Å². The first kappa shape index (κ1) is 11.2. The molecular weight excluding hydrogens is 220 g/mol. The Morgan fingerprint density at radius 3 is 2.47 bits per heavy atom. The molecule has 0 unspecified atom stereocenters. The van der Waals surface area contributed by atoms with Gasteiger partial charge in [-0.2, -0.15) is 0 Å². The predicted octanol–water partition coefficient (Wildman–Crippen LogP) is 1.81. The van der Waals surface area contributed by atoms with Crippen LogP contribution in [-0.4, -0.2) is 23.1 Å². The second-order valence-electron chi connectivity index (χ2n) is 6.15. The Balaban J connectivity index is 2.03. The van der Waals surface area contributed by atoms with Crippen molar-refractivity contribution in [2.75, 3.05) is 0 Å². The van der Waals surface area contributed by atoms with Crippen LogP contribution in [-0.2, 0) is 19.1 Å². The molecule has 1 heterocycles. The quantitative estimate of drug-likeness (QED) is 0.477. The monoisotopic (exact) mass is 238 g/mol. The maximum atomic E-state index is 12.3. The summed E-state index contributed by atoms with van der Waals surface area (Å²) in [5.74, 6) is -1.53. The lowest BCUT2D eigenvalue weighted by molar-refractivity contribution is -0.238. The fourth-order valence-electron chi connectivity index (χ4n) is 3.85. The summed E-state index contributed by atoms with van der Waals surface area (Å²) in [4.78, 5) is 24.4. The second-order valence-corrected chi connectivity index (χ2v) is 6.15. The smallest absolute Gasteiger partial charge is 0.349 e. The lowest BCUT2D eigenvalue weighted by atomic mass is 9.45. The maximum absolute atomic E-state index is 12.3. The third-order valence-electron chi connectivity index (χ3n) is 4.70. The summed E-state index contributed by atoms with van der Waals surface area (Å²) < 4.78 is 11.0. The van der Waals surface area contributed by atoms with Crippen LogP contribution in [0.5, 0.6) is 0 Å². The van der Waals surface area contributed by atoms with Gasteiger partial charge in [-0.05, 0) is 12.8 Å². The van der Waals surface area contributed by atoms with Crippen LogP contribution in [0.3, 0.4) is 0 Å². The largest absolute Gasteiger partial charge is 0.431 e. The highest BCUT2D eigenvalue weighted by Crippen LogP contribution is 2.64.